The summed E-state index contributed by atoms with van der Waals surface area (Å²) in [5.41, 5.74) is 5.73. The van der Waals surface area contributed by atoms with E-state index in [4.69, 9.17) is 5.73 Å². The summed E-state index contributed by atoms with van der Waals surface area (Å²) in [6, 6.07) is 0.372. The van der Waals surface area contributed by atoms with Crippen LogP contribution in [0.15, 0.2) is 11.2 Å². The molecule has 0 fully saturated rings. The monoisotopic (exact) mass is 226 g/mol. The number of aliphatic imine (C=N–C) groups is 1. The zero-order chi connectivity index (χ0) is 11.3. The van der Waals surface area contributed by atoms with Crippen LogP contribution in [0.1, 0.15) is 30.2 Å². The Kier molecular flexibility index (Phi) is 4.55. The zero-order valence-electron chi connectivity index (χ0n) is 9.45. The minimum Gasteiger partial charge on any atom is -0.370 e. The van der Waals surface area contributed by atoms with E-state index in [1.54, 1.807) is 11.3 Å². The standard InChI is InChI=1S/C10H18N4S/c1-4-7(2)14-10(11)13-6-9-5-12-8(3)15-9/h5,7H,4,6H2,1-3H3,(H3,11,13,14). The molecule has 84 valence electrons. The predicted octanol–water partition coefficient (Wildman–Crippen LogP) is 1.65. The number of nitrogens with two attached hydrogens (primary N) is 1. The molecule has 0 bridgehead atoms. The Bertz CT molecular complexity index is 332. The van der Waals surface area contributed by atoms with E-state index >= 15 is 0 Å². The maximum absolute atomic E-state index is 5.73. The molecule has 0 saturated carbocycles. The van der Waals surface area contributed by atoms with E-state index in [2.05, 4.69) is 29.1 Å². The average molecular weight is 226 g/mol. The van der Waals surface area contributed by atoms with Gasteiger partial charge in [-0.3, -0.25) is 0 Å². The first kappa shape index (κ1) is 12.0. The number of rotatable bonds is 4. The molecule has 5 heteroatoms. The van der Waals surface area contributed by atoms with E-state index in [0.717, 1.165) is 16.3 Å². The van der Waals surface area contributed by atoms with Gasteiger partial charge in [-0.15, -0.1) is 11.3 Å². The molecule has 1 aromatic rings. The van der Waals surface area contributed by atoms with Gasteiger partial charge in [-0.1, -0.05) is 6.92 Å². The number of hydrogen-bond donors (Lipinski definition) is 2. The fourth-order valence-electron chi connectivity index (χ4n) is 1.04. The van der Waals surface area contributed by atoms with Gasteiger partial charge in [0.25, 0.3) is 0 Å². The summed E-state index contributed by atoms with van der Waals surface area (Å²) in [7, 11) is 0. The van der Waals surface area contributed by atoms with Crippen molar-refractivity contribution < 1.29 is 0 Å². The molecule has 0 aromatic carbocycles. The van der Waals surface area contributed by atoms with Gasteiger partial charge in [-0.05, 0) is 20.3 Å². The summed E-state index contributed by atoms with van der Waals surface area (Å²) >= 11 is 1.65. The zero-order valence-corrected chi connectivity index (χ0v) is 10.3. The van der Waals surface area contributed by atoms with Crippen LogP contribution in [-0.4, -0.2) is 17.0 Å². The van der Waals surface area contributed by atoms with Gasteiger partial charge in [-0.25, -0.2) is 9.98 Å². The number of aromatic nitrogens is 1. The number of hydrogen-bond acceptors (Lipinski definition) is 3. The second-order valence-electron chi connectivity index (χ2n) is 3.50. The van der Waals surface area contributed by atoms with Gasteiger partial charge in [0.05, 0.1) is 11.6 Å². The summed E-state index contributed by atoms with van der Waals surface area (Å²) in [6.07, 6.45) is 2.88. The Morgan fingerprint density at radius 1 is 1.73 bits per heavy atom. The van der Waals surface area contributed by atoms with Crippen LogP contribution in [0.4, 0.5) is 0 Å². The van der Waals surface area contributed by atoms with E-state index in [-0.39, 0.29) is 0 Å². The van der Waals surface area contributed by atoms with Crippen molar-refractivity contribution in [2.24, 2.45) is 10.7 Å². The Morgan fingerprint density at radius 2 is 2.47 bits per heavy atom. The summed E-state index contributed by atoms with van der Waals surface area (Å²) in [6.45, 7) is 6.79. The molecule has 1 heterocycles. The van der Waals surface area contributed by atoms with Crippen molar-refractivity contribution in [1.82, 2.24) is 10.3 Å². The van der Waals surface area contributed by atoms with Gasteiger partial charge in [-0.2, -0.15) is 0 Å². The van der Waals surface area contributed by atoms with E-state index in [0.29, 0.717) is 18.5 Å². The molecule has 1 atom stereocenters. The summed E-state index contributed by atoms with van der Waals surface area (Å²) in [5.74, 6) is 0.510. The van der Waals surface area contributed by atoms with Crippen molar-refractivity contribution >= 4 is 17.3 Å². The van der Waals surface area contributed by atoms with Crippen molar-refractivity contribution in [2.75, 3.05) is 0 Å². The second-order valence-corrected chi connectivity index (χ2v) is 4.82. The number of guanidine groups is 1. The van der Waals surface area contributed by atoms with Crippen LogP contribution >= 0.6 is 11.3 Å². The number of nitrogens with one attached hydrogen (secondary N) is 1. The van der Waals surface area contributed by atoms with Crippen LogP contribution in [0.3, 0.4) is 0 Å². The highest BCUT2D eigenvalue weighted by molar-refractivity contribution is 7.11. The smallest absolute Gasteiger partial charge is 0.189 e. The van der Waals surface area contributed by atoms with Gasteiger partial charge in [0.1, 0.15) is 0 Å². The first-order chi connectivity index (χ1) is 7.11. The molecule has 1 aromatic heterocycles. The molecule has 4 nitrogen and oxygen atoms in total. The Hall–Kier alpha value is -1.10. The maximum Gasteiger partial charge on any atom is 0.189 e. The lowest BCUT2D eigenvalue weighted by atomic mass is 10.3. The molecule has 0 radical (unpaired) electrons. The minimum absolute atomic E-state index is 0.372. The molecular formula is C10H18N4S. The van der Waals surface area contributed by atoms with Crippen LogP contribution in [0.5, 0.6) is 0 Å². The van der Waals surface area contributed by atoms with E-state index in [9.17, 15) is 0 Å². The molecule has 0 saturated heterocycles. The largest absolute Gasteiger partial charge is 0.370 e. The predicted molar refractivity (Wildman–Crippen MR) is 65.1 cm³/mol. The lowest BCUT2D eigenvalue weighted by Gasteiger charge is -2.11. The minimum atomic E-state index is 0.372. The van der Waals surface area contributed by atoms with E-state index in [1.165, 1.54) is 0 Å². The average Bonchev–Trinajstić information content (AvgIpc) is 2.61. The van der Waals surface area contributed by atoms with Crippen LogP contribution < -0.4 is 11.1 Å². The third-order valence-electron chi connectivity index (χ3n) is 2.08. The molecule has 0 amide bonds. The van der Waals surface area contributed by atoms with Crippen LogP contribution in [0.25, 0.3) is 0 Å². The summed E-state index contributed by atoms with van der Waals surface area (Å²) in [5, 5.41) is 4.18. The van der Waals surface area contributed by atoms with Crippen molar-refractivity contribution in [3.8, 4) is 0 Å². The topological polar surface area (TPSA) is 63.3 Å². The molecule has 0 aliphatic carbocycles. The molecule has 3 N–H and O–H groups in total. The maximum atomic E-state index is 5.73. The Balaban J connectivity index is 2.43. The Labute approximate surface area is 94.6 Å². The first-order valence-corrected chi connectivity index (χ1v) is 5.91. The van der Waals surface area contributed by atoms with E-state index < -0.39 is 0 Å². The van der Waals surface area contributed by atoms with Crippen molar-refractivity contribution in [1.29, 1.82) is 0 Å². The molecule has 1 unspecified atom stereocenters. The van der Waals surface area contributed by atoms with Crippen LogP contribution in [0, 0.1) is 6.92 Å². The first-order valence-electron chi connectivity index (χ1n) is 5.09. The number of nitrogens with zero attached hydrogens (tertiary/aromatic N) is 2. The van der Waals surface area contributed by atoms with Gasteiger partial charge < -0.3 is 11.1 Å². The molecule has 0 aliphatic heterocycles. The van der Waals surface area contributed by atoms with Gasteiger partial charge in [0, 0.05) is 17.1 Å². The molecular weight excluding hydrogens is 208 g/mol. The molecule has 0 spiro atoms. The quantitative estimate of drug-likeness (QED) is 0.606. The van der Waals surface area contributed by atoms with E-state index in [1.807, 2.05) is 13.1 Å². The SMILES string of the molecule is CCC(C)NC(N)=NCc1cnc(C)s1. The second kappa shape index (κ2) is 5.70. The normalized spacial score (nSPS) is 13.9. The fourth-order valence-corrected chi connectivity index (χ4v) is 1.76. The van der Waals surface area contributed by atoms with Crippen molar-refractivity contribution in [3.63, 3.8) is 0 Å². The third kappa shape index (κ3) is 4.29. The van der Waals surface area contributed by atoms with Crippen molar-refractivity contribution in [2.45, 2.75) is 39.8 Å². The highest BCUT2D eigenvalue weighted by Gasteiger charge is 2.00. The molecule has 0 aliphatic rings. The highest BCUT2D eigenvalue weighted by atomic mass is 32.1. The fraction of sp³-hybridized carbons (Fsp3) is 0.600. The number of thiazole rings is 1. The molecule has 15 heavy (non-hydrogen) atoms. The van der Waals surface area contributed by atoms with Crippen LogP contribution in [-0.2, 0) is 6.54 Å². The highest BCUT2D eigenvalue weighted by Crippen LogP contribution is 2.11. The van der Waals surface area contributed by atoms with Gasteiger partial charge in [0.2, 0.25) is 0 Å². The summed E-state index contributed by atoms with van der Waals surface area (Å²) in [4.78, 5) is 9.55. The van der Waals surface area contributed by atoms with Gasteiger partial charge in [0.15, 0.2) is 5.96 Å². The summed E-state index contributed by atoms with van der Waals surface area (Å²) < 4.78 is 0. The van der Waals surface area contributed by atoms with Crippen LogP contribution in [0.2, 0.25) is 0 Å². The lowest BCUT2D eigenvalue weighted by Crippen LogP contribution is -2.37. The van der Waals surface area contributed by atoms with Gasteiger partial charge >= 0.3 is 0 Å². The molecule has 1 rings (SSSR count). The third-order valence-corrected chi connectivity index (χ3v) is 2.98. The Morgan fingerprint density at radius 3 is 3.00 bits per heavy atom. The lowest BCUT2D eigenvalue weighted by molar-refractivity contribution is 0.636. The number of aryl methyl sites for hydroxylation is 1. The van der Waals surface area contributed by atoms with Crippen molar-refractivity contribution in [3.05, 3.63) is 16.1 Å².